The van der Waals surface area contributed by atoms with Crippen molar-refractivity contribution in [2.45, 2.75) is 6.54 Å². The van der Waals surface area contributed by atoms with Crippen LogP contribution in [0.2, 0.25) is 10.0 Å². The molecular weight excluding hydrogens is 330 g/mol. The predicted molar refractivity (Wildman–Crippen MR) is 83.7 cm³/mol. The van der Waals surface area contributed by atoms with Crippen molar-refractivity contribution in [1.29, 1.82) is 0 Å². The number of ether oxygens (including phenoxy) is 1. The standard InChI is InChI=1S/C15H13Cl2FN2O2/c16-11-5-6-14(12(17)7-11)22-9-20-15(21)19-8-10-3-1-2-4-13(10)18/h1-7H,8-9H2,(H2,19,20,21). The van der Waals surface area contributed by atoms with E-state index in [1.54, 1.807) is 30.3 Å². The number of hydrogen-bond donors (Lipinski definition) is 2. The summed E-state index contributed by atoms with van der Waals surface area (Å²) in [4.78, 5) is 11.6. The van der Waals surface area contributed by atoms with E-state index in [4.69, 9.17) is 27.9 Å². The Morgan fingerprint density at radius 3 is 2.64 bits per heavy atom. The molecule has 2 aromatic carbocycles. The normalized spacial score (nSPS) is 10.1. The van der Waals surface area contributed by atoms with Gasteiger partial charge in [0.2, 0.25) is 0 Å². The van der Waals surface area contributed by atoms with Gasteiger partial charge in [0.05, 0.1) is 5.02 Å². The lowest BCUT2D eigenvalue weighted by Crippen LogP contribution is -2.37. The number of hydrogen-bond acceptors (Lipinski definition) is 2. The van der Waals surface area contributed by atoms with Crippen LogP contribution in [0.15, 0.2) is 42.5 Å². The Labute approximate surface area is 137 Å². The Morgan fingerprint density at radius 1 is 1.14 bits per heavy atom. The molecule has 2 aromatic rings. The van der Waals surface area contributed by atoms with Gasteiger partial charge in [-0.25, -0.2) is 9.18 Å². The number of amides is 2. The number of carbonyl (C=O) groups excluding carboxylic acids is 1. The Morgan fingerprint density at radius 2 is 1.91 bits per heavy atom. The summed E-state index contributed by atoms with van der Waals surface area (Å²) < 4.78 is 18.7. The molecule has 7 heteroatoms. The van der Waals surface area contributed by atoms with Crippen molar-refractivity contribution in [3.05, 3.63) is 63.9 Å². The highest BCUT2D eigenvalue weighted by atomic mass is 35.5. The van der Waals surface area contributed by atoms with Crippen LogP contribution in [0, 0.1) is 5.82 Å². The van der Waals surface area contributed by atoms with Gasteiger partial charge >= 0.3 is 6.03 Å². The molecule has 0 fully saturated rings. The number of benzene rings is 2. The van der Waals surface area contributed by atoms with Gasteiger partial charge < -0.3 is 15.4 Å². The molecule has 2 N–H and O–H groups in total. The maximum atomic E-state index is 13.4. The van der Waals surface area contributed by atoms with E-state index in [-0.39, 0.29) is 19.1 Å². The summed E-state index contributed by atoms with van der Waals surface area (Å²) in [7, 11) is 0. The van der Waals surface area contributed by atoms with Crippen LogP contribution in [0.25, 0.3) is 0 Å². The quantitative estimate of drug-likeness (QED) is 0.807. The van der Waals surface area contributed by atoms with Crippen LogP contribution in [-0.2, 0) is 6.54 Å². The first kappa shape index (κ1) is 16.4. The molecule has 0 saturated heterocycles. The average molecular weight is 343 g/mol. The summed E-state index contributed by atoms with van der Waals surface area (Å²) in [6.45, 7) is 0.00463. The number of urea groups is 1. The fourth-order valence-corrected chi connectivity index (χ4v) is 2.11. The van der Waals surface area contributed by atoms with E-state index >= 15 is 0 Å². The average Bonchev–Trinajstić information content (AvgIpc) is 2.49. The highest BCUT2D eigenvalue weighted by Crippen LogP contribution is 2.27. The SMILES string of the molecule is O=C(NCOc1ccc(Cl)cc1Cl)NCc1ccccc1F. The molecule has 0 aliphatic carbocycles. The molecule has 0 bridgehead atoms. The van der Waals surface area contributed by atoms with Crippen LogP contribution in [-0.4, -0.2) is 12.8 Å². The molecular formula is C15H13Cl2FN2O2. The number of nitrogens with one attached hydrogen (secondary N) is 2. The molecule has 0 atom stereocenters. The van der Waals surface area contributed by atoms with Gasteiger partial charge in [0, 0.05) is 17.1 Å². The molecule has 0 saturated carbocycles. The van der Waals surface area contributed by atoms with Gasteiger partial charge in [0.15, 0.2) is 6.73 Å². The third-order valence-corrected chi connectivity index (χ3v) is 3.28. The van der Waals surface area contributed by atoms with Crippen molar-refractivity contribution < 1.29 is 13.9 Å². The molecule has 0 unspecified atom stereocenters. The minimum Gasteiger partial charge on any atom is -0.472 e. The van der Waals surface area contributed by atoms with Gasteiger partial charge in [-0.2, -0.15) is 0 Å². The second kappa shape index (κ2) is 7.87. The van der Waals surface area contributed by atoms with Gasteiger partial charge in [-0.3, -0.25) is 0 Å². The van der Waals surface area contributed by atoms with Gasteiger partial charge in [0.25, 0.3) is 0 Å². The molecule has 0 aliphatic rings. The molecule has 116 valence electrons. The minimum absolute atomic E-state index is 0.0789. The monoisotopic (exact) mass is 342 g/mol. The Hall–Kier alpha value is -1.98. The second-order valence-corrected chi connectivity index (χ2v) is 5.16. The Bertz CT molecular complexity index is 668. The summed E-state index contributed by atoms with van der Waals surface area (Å²) >= 11 is 11.7. The van der Waals surface area contributed by atoms with Crippen molar-refractivity contribution in [2.24, 2.45) is 0 Å². The lowest BCUT2D eigenvalue weighted by molar-refractivity contribution is 0.223. The maximum Gasteiger partial charge on any atom is 0.317 e. The fourth-order valence-electron chi connectivity index (χ4n) is 1.65. The summed E-state index contributed by atoms with van der Waals surface area (Å²) in [6, 6.07) is 10.5. The molecule has 0 radical (unpaired) electrons. The number of carbonyl (C=O) groups is 1. The van der Waals surface area contributed by atoms with E-state index < -0.39 is 6.03 Å². The van der Waals surface area contributed by atoms with Crippen LogP contribution < -0.4 is 15.4 Å². The van der Waals surface area contributed by atoms with E-state index in [0.717, 1.165) is 0 Å². The third-order valence-electron chi connectivity index (χ3n) is 2.75. The molecule has 0 heterocycles. The van der Waals surface area contributed by atoms with E-state index in [1.807, 2.05) is 0 Å². The van der Waals surface area contributed by atoms with Crippen LogP contribution in [0.1, 0.15) is 5.56 Å². The second-order valence-electron chi connectivity index (χ2n) is 4.31. The van der Waals surface area contributed by atoms with Crippen molar-refractivity contribution in [1.82, 2.24) is 10.6 Å². The summed E-state index contributed by atoms with van der Waals surface area (Å²) in [5, 5.41) is 5.84. The topological polar surface area (TPSA) is 50.4 Å². The van der Waals surface area contributed by atoms with Gasteiger partial charge in [-0.15, -0.1) is 0 Å². The van der Waals surface area contributed by atoms with Gasteiger partial charge in [-0.05, 0) is 24.3 Å². The van der Waals surface area contributed by atoms with Crippen molar-refractivity contribution in [2.75, 3.05) is 6.73 Å². The van der Waals surface area contributed by atoms with Crippen LogP contribution in [0.5, 0.6) is 5.75 Å². The highest BCUT2D eigenvalue weighted by Gasteiger charge is 2.05. The summed E-state index contributed by atoms with van der Waals surface area (Å²) in [6.07, 6.45) is 0. The minimum atomic E-state index is -0.478. The first-order valence-electron chi connectivity index (χ1n) is 6.39. The van der Waals surface area contributed by atoms with Crippen LogP contribution in [0.3, 0.4) is 0 Å². The van der Waals surface area contributed by atoms with E-state index in [2.05, 4.69) is 10.6 Å². The maximum absolute atomic E-state index is 13.4. The zero-order valence-electron chi connectivity index (χ0n) is 11.4. The number of halogens is 3. The predicted octanol–water partition coefficient (Wildman–Crippen LogP) is 3.97. The van der Waals surface area contributed by atoms with E-state index in [0.29, 0.717) is 21.4 Å². The van der Waals surface area contributed by atoms with Gasteiger partial charge in [0.1, 0.15) is 11.6 Å². The highest BCUT2D eigenvalue weighted by molar-refractivity contribution is 6.35. The zero-order valence-corrected chi connectivity index (χ0v) is 12.9. The van der Waals surface area contributed by atoms with Crippen LogP contribution >= 0.6 is 23.2 Å². The first-order valence-corrected chi connectivity index (χ1v) is 7.15. The number of rotatable bonds is 5. The fraction of sp³-hybridized carbons (Fsp3) is 0.133. The molecule has 2 rings (SSSR count). The van der Waals surface area contributed by atoms with E-state index in [9.17, 15) is 9.18 Å². The molecule has 2 amide bonds. The van der Waals surface area contributed by atoms with E-state index in [1.165, 1.54) is 12.1 Å². The smallest absolute Gasteiger partial charge is 0.317 e. The lowest BCUT2D eigenvalue weighted by atomic mass is 10.2. The summed E-state index contributed by atoms with van der Waals surface area (Å²) in [5.41, 5.74) is 0.402. The van der Waals surface area contributed by atoms with Crippen molar-refractivity contribution in [3.63, 3.8) is 0 Å². The largest absolute Gasteiger partial charge is 0.472 e. The van der Waals surface area contributed by atoms with Crippen molar-refractivity contribution >= 4 is 29.2 Å². The summed E-state index contributed by atoms with van der Waals surface area (Å²) in [5.74, 6) is 0.0347. The zero-order chi connectivity index (χ0) is 15.9. The lowest BCUT2D eigenvalue weighted by Gasteiger charge is -2.11. The van der Waals surface area contributed by atoms with Gasteiger partial charge in [-0.1, -0.05) is 41.4 Å². The molecule has 22 heavy (non-hydrogen) atoms. The molecule has 0 spiro atoms. The third kappa shape index (κ3) is 4.79. The van der Waals surface area contributed by atoms with Crippen LogP contribution in [0.4, 0.5) is 9.18 Å². The first-order chi connectivity index (χ1) is 10.6. The Kier molecular flexibility index (Phi) is 5.86. The van der Waals surface area contributed by atoms with Crippen molar-refractivity contribution in [3.8, 4) is 5.75 Å². The Balaban J connectivity index is 1.75. The molecule has 0 aliphatic heterocycles. The molecule has 4 nitrogen and oxygen atoms in total. The molecule has 0 aromatic heterocycles.